The molecule has 1 N–H and O–H groups in total. The van der Waals surface area contributed by atoms with E-state index < -0.39 is 0 Å². The zero-order valence-corrected chi connectivity index (χ0v) is 11.4. The summed E-state index contributed by atoms with van der Waals surface area (Å²) in [7, 11) is 0. The molecule has 0 saturated heterocycles. The molecular formula is C16H16N4. The SMILES string of the molecule is CCCc1ccc(-c2ccccc2-c2nn[nH]n2)cc1. The van der Waals surface area contributed by atoms with Gasteiger partial charge in [0.1, 0.15) is 0 Å². The molecule has 0 atom stereocenters. The molecular weight excluding hydrogens is 248 g/mol. The monoisotopic (exact) mass is 264 g/mol. The number of nitrogens with zero attached hydrogens (tertiary/aromatic N) is 3. The highest BCUT2D eigenvalue weighted by atomic mass is 15.5. The highest BCUT2D eigenvalue weighted by Crippen LogP contribution is 2.29. The van der Waals surface area contributed by atoms with Crippen LogP contribution < -0.4 is 0 Å². The highest BCUT2D eigenvalue weighted by Gasteiger charge is 2.10. The molecule has 100 valence electrons. The van der Waals surface area contributed by atoms with Crippen LogP contribution in [-0.4, -0.2) is 20.6 Å². The summed E-state index contributed by atoms with van der Waals surface area (Å²) in [5.74, 6) is 0.623. The highest BCUT2D eigenvalue weighted by molar-refractivity contribution is 5.80. The van der Waals surface area contributed by atoms with Gasteiger partial charge in [0.2, 0.25) is 5.82 Å². The average molecular weight is 264 g/mol. The molecule has 1 heterocycles. The number of aromatic nitrogens is 4. The van der Waals surface area contributed by atoms with Crippen LogP contribution in [0.4, 0.5) is 0 Å². The summed E-state index contributed by atoms with van der Waals surface area (Å²) >= 11 is 0. The van der Waals surface area contributed by atoms with E-state index in [4.69, 9.17) is 0 Å². The van der Waals surface area contributed by atoms with Crippen molar-refractivity contribution in [2.24, 2.45) is 0 Å². The molecule has 0 saturated carbocycles. The molecule has 3 aromatic rings. The van der Waals surface area contributed by atoms with Crippen molar-refractivity contribution in [3.8, 4) is 22.5 Å². The number of aromatic amines is 1. The van der Waals surface area contributed by atoms with Crippen molar-refractivity contribution in [3.05, 3.63) is 54.1 Å². The third-order valence-corrected chi connectivity index (χ3v) is 3.32. The molecule has 4 heteroatoms. The van der Waals surface area contributed by atoms with Crippen molar-refractivity contribution in [3.63, 3.8) is 0 Å². The first-order valence-corrected chi connectivity index (χ1v) is 6.80. The minimum atomic E-state index is 0.623. The number of rotatable bonds is 4. The Kier molecular flexibility index (Phi) is 3.54. The predicted octanol–water partition coefficient (Wildman–Crippen LogP) is 3.49. The summed E-state index contributed by atoms with van der Waals surface area (Å²) in [6, 6.07) is 16.8. The van der Waals surface area contributed by atoms with E-state index in [1.807, 2.05) is 18.2 Å². The van der Waals surface area contributed by atoms with E-state index in [-0.39, 0.29) is 0 Å². The van der Waals surface area contributed by atoms with E-state index in [0.29, 0.717) is 5.82 Å². The van der Waals surface area contributed by atoms with Gasteiger partial charge in [-0.1, -0.05) is 61.9 Å². The second kappa shape index (κ2) is 5.65. The van der Waals surface area contributed by atoms with Crippen LogP contribution in [0.5, 0.6) is 0 Å². The Morgan fingerprint density at radius 1 is 0.950 bits per heavy atom. The van der Waals surface area contributed by atoms with Gasteiger partial charge in [-0.25, -0.2) is 0 Å². The first kappa shape index (κ1) is 12.5. The maximum Gasteiger partial charge on any atom is 0.205 e. The zero-order valence-electron chi connectivity index (χ0n) is 11.4. The molecule has 2 aromatic carbocycles. The number of H-pyrrole nitrogens is 1. The van der Waals surface area contributed by atoms with Crippen molar-refractivity contribution >= 4 is 0 Å². The molecule has 0 aliphatic rings. The van der Waals surface area contributed by atoms with Gasteiger partial charge < -0.3 is 0 Å². The molecule has 0 radical (unpaired) electrons. The number of nitrogens with one attached hydrogen (secondary N) is 1. The smallest absolute Gasteiger partial charge is 0.177 e. The molecule has 1 aromatic heterocycles. The molecule has 0 unspecified atom stereocenters. The van der Waals surface area contributed by atoms with E-state index in [1.54, 1.807) is 0 Å². The van der Waals surface area contributed by atoms with Crippen LogP contribution in [0.25, 0.3) is 22.5 Å². The lowest BCUT2D eigenvalue weighted by molar-refractivity contribution is 0.881. The third kappa shape index (κ3) is 2.45. The maximum absolute atomic E-state index is 4.07. The summed E-state index contributed by atoms with van der Waals surface area (Å²) in [5, 5.41) is 14.3. The Bertz CT molecular complexity index is 672. The molecule has 0 spiro atoms. The minimum Gasteiger partial charge on any atom is -0.177 e. The van der Waals surface area contributed by atoms with Gasteiger partial charge in [-0.3, -0.25) is 0 Å². The first-order valence-electron chi connectivity index (χ1n) is 6.80. The third-order valence-electron chi connectivity index (χ3n) is 3.32. The molecule has 0 fully saturated rings. The van der Waals surface area contributed by atoms with Gasteiger partial charge in [-0.15, -0.1) is 10.2 Å². The van der Waals surface area contributed by atoms with Gasteiger partial charge in [0.25, 0.3) is 0 Å². The van der Waals surface area contributed by atoms with E-state index in [1.165, 1.54) is 17.5 Å². The normalized spacial score (nSPS) is 10.7. The molecule has 0 bridgehead atoms. The largest absolute Gasteiger partial charge is 0.205 e. The number of hydrogen-bond donors (Lipinski definition) is 1. The number of aryl methyl sites for hydroxylation is 1. The summed E-state index contributed by atoms with van der Waals surface area (Å²) < 4.78 is 0. The van der Waals surface area contributed by atoms with Crippen LogP contribution in [0.15, 0.2) is 48.5 Å². The predicted molar refractivity (Wildman–Crippen MR) is 79.0 cm³/mol. The van der Waals surface area contributed by atoms with Crippen molar-refractivity contribution < 1.29 is 0 Å². The quantitative estimate of drug-likeness (QED) is 0.784. The van der Waals surface area contributed by atoms with E-state index in [9.17, 15) is 0 Å². The lowest BCUT2D eigenvalue weighted by Crippen LogP contribution is -1.88. The van der Waals surface area contributed by atoms with E-state index in [2.05, 4.69) is 57.9 Å². The van der Waals surface area contributed by atoms with Crippen LogP contribution in [0.1, 0.15) is 18.9 Å². The van der Waals surface area contributed by atoms with Crippen molar-refractivity contribution in [2.75, 3.05) is 0 Å². The Balaban J connectivity index is 2.02. The van der Waals surface area contributed by atoms with Crippen molar-refractivity contribution in [1.82, 2.24) is 20.6 Å². The molecule has 0 amide bonds. The van der Waals surface area contributed by atoms with Crippen LogP contribution in [0.3, 0.4) is 0 Å². The summed E-state index contributed by atoms with van der Waals surface area (Å²) in [4.78, 5) is 0. The molecule has 3 rings (SSSR count). The Morgan fingerprint density at radius 3 is 2.35 bits per heavy atom. The van der Waals surface area contributed by atoms with Gasteiger partial charge in [0.15, 0.2) is 0 Å². The Morgan fingerprint density at radius 2 is 1.70 bits per heavy atom. The van der Waals surface area contributed by atoms with Gasteiger partial charge in [-0.05, 0) is 28.3 Å². The molecule has 20 heavy (non-hydrogen) atoms. The van der Waals surface area contributed by atoms with E-state index in [0.717, 1.165) is 17.5 Å². The van der Waals surface area contributed by atoms with Crippen LogP contribution in [0.2, 0.25) is 0 Å². The standard InChI is InChI=1S/C16H16N4/c1-2-5-12-8-10-13(11-9-12)14-6-3-4-7-15(14)16-17-19-20-18-16/h3-4,6-11H,2,5H2,1H3,(H,17,18,19,20). The lowest BCUT2D eigenvalue weighted by atomic mass is 9.97. The minimum absolute atomic E-state index is 0.623. The van der Waals surface area contributed by atoms with Crippen LogP contribution in [-0.2, 0) is 6.42 Å². The number of benzene rings is 2. The fourth-order valence-electron chi connectivity index (χ4n) is 2.35. The van der Waals surface area contributed by atoms with Gasteiger partial charge in [-0.2, -0.15) is 5.21 Å². The topological polar surface area (TPSA) is 54.5 Å². The van der Waals surface area contributed by atoms with Crippen molar-refractivity contribution in [1.29, 1.82) is 0 Å². The van der Waals surface area contributed by atoms with Crippen molar-refractivity contribution in [2.45, 2.75) is 19.8 Å². The second-order valence-corrected chi connectivity index (χ2v) is 4.73. The van der Waals surface area contributed by atoms with Gasteiger partial charge in [0.05, 0.1) is 0 Å². The van der Waals surface area contributed by atoms with Crippen LogP contribution >= 0.6 is 0 Å². The van der Waals surface area contributed by atoms with Crippen LogP contribution in [0, 0.1) is 0 Å². The lowest BCUT2D eigenvalue weighted by Gasteiger charge is -2.07. The second-order valence-electron chi connectivity index (χ2n) is 4.73. The Hall–Kier alpha value is -2.49. The van der Waals surface area contributed by atoms with Gasteiger partial charge >= 0.3 is 0 Å². The first-order chi connectivity index (χ1) is 9.88. The number of hydrogen-bond acceptors (Lipinski definition) is 3. The molecule has 0 aliphatic heterocycles. The summed E-state index contributed by atoms with van der Waals surface area (Å²) in [6.45, 7) is 2.19. The number of tetrazole rings is 1. The fourth-order valence-corrected chi connectivity index (χ4v) is 2.35. The molecule has 4 nitrogen and oxygen atoms in total. The van der Waals surface area contributed by atoms with Gasteiger partial charge in [0, 0.05) is 5.56 Å². The fraction of sp³-hybridized carbons (Fsp3) is 0.188. The Labute approximate surface area is 117 Å². The summed E-state index contributed by atoms with van der Waals surface area (Å²) in [6.07, 6.45) is 2.28. The average Bonchev–Trinajstić information content (AvgIpc) is 3.03. The van der Waals surface area contributed by atoms with E-state index >= 15 is 0 Å². The molecule has 0 aliphatic carbocycles. The zero-order chi connectivity index (χ0) is 13.8. The maximum atomic E-state index is 4.07. The summed E-state index contributed by atoms with van der Waals surface area (Å²) in [5.41, 5.74) is 4.65.